The molecule has 0 aliphatic carbocycles. The lowest BCUT2D eigenvalue weighted by Crippen LogP contribution is -2.39. The Bertz CT molecular complexity index is 852. The molecule has 2 aliphatic heterocycles. The zero-order valence-corrected chi connectivity index (χ0v) is 15.1. The van der Waals surface area contributed by atoms with Crippen molar-refractivity contribution in [3.63, 3.8) is 0 Å². The Morgan fingerprint density at radius 2 is 1.52 bits per heavy atom. The van der Waals surface area contributed by atoms with Crippen LogP contribution in [0.25, 0.3) is 0 Å². The number of phenolic OH excluding ortho intramolecular Hbond substituents is 2. The number of hydrogen-bond acceptors (Lipinski definition) is 7. The zero-order chi connectivity index (χ0) is 19.2. The van der Waals surface area contributed by atoms with Crippen LogP contribution in [-0.4, -0.2) is 48.4 Å². The molecular formula is C20H22O7. The molecular weight excluding hydrogens is 352 g/mol. The van der Waals surface area contributed by atoms with E-state index in [2.05, 4.69) is 0 Å². The first-order chi connectivity index (χ1) is 13.0. The highest BCUT2D eigenvalue weighted by atomic mass is 16.6. The van der Waals surface area contributed by atoms with Gasteiger partial charge >= 0.3 is 0 Å². The molecule has 7 nitrogen and oxygen atoms in total. The van der Waals surface area contributed by atoms with Gasteiger partial charge in [0.2, 0.25) is 0 Å². The molecule has 2 aliphatic rings. The van der Waals surface area contributed by atoms with Crippen molar-refractivity contribution in [1.29, 1.82) is 0 Å². The molecule has 0 aromatic heterocycles. The fraction of sp³-hybridized carbons (Fsp3) is 0.400. The molecule has 0 bridgehead atoms. The summed E-state index contributed by atoms with van der Waals surface area (Å²) in [4.78, 5) is 0. The van der Waals surface area contributed by atoms with Gasteiger partial charge in [-0.1, -0.05) is 12.1 Å². The molecule has 4 rings (SSSR count). The van der Waals surface area contributed by atoms with E-state index in [0.29, 0.717) is 23.7 Å². The van der Waals surface area contributed by atoms with Gasteiger partial charge in [0.05, 0.1) is 33.5 Å². The van der Waals surface area contributed by atoms with Gasteiger partial charge < -0.3 is 34.3 Å². The summed E-state index contributed by atoms with van der Waals surface area (Å²) in [5.74, 6) is 0.467. The van der Waals surface area contributed by atoms with E-state index in [0.717, 1.165) is 5.56 Å². The molecule has 0 radical (unpaired) electrons. The molecule has 0 amide bonds. The fourth-order valence-corrected chi connectivity index (χ4v) is 4.00. The van der Waals surface area contributed by atoms with Crippen LogP contribution in [0.15, 0.2) is 36.4 Å². The van der Waals surface area contributed by atoms with Crippen molar-refractivity contribution < 1.29 is 34.3 Å². The minimum atomic E-state index is -1.21. The highest BCUT2D eigenvalue weighted by molar-refractivity contribution is 5.45. The number of ether oxygens (including phenoxy) is 4. The first kappa shape index (κ1) is 17.9. The fourth-order valence-electron chi connectivity index (χ4n) is 4.00. The second-order valence-corrected chi connectivity index (χ2v) is 6.91. The summed E-state index contributed by atoms with van der Waals surface area (Å²) in [7, 11) is 2.95. The standard InChI is InChI=1S/C20H22O7/c1-24-16-7-11(3-5-14(16)21)18-13-9-26-19(20(13,23)10-27-18)12-4-6-15(22)17(8-12)25-2/h3-8,13,18-19,21-23H,9-10H2,1-2H3/t13-,18+,19+,20+/m0/s1. The average molecular weight is 374 g/mol. The number of aromatic hydroxyl groups is 2. The van der Waals surface area contributed by atoms with Crippen molar-refractivity contribution in [3.8, 4) is 23.0 Å². The van der Waals surface area contributed by atoms with Crippen LogP contribution in [-0.2, 0) is 9.47 Å². The predicted octanol–water partition coefficient (Wildman–Crippen LogP) is 2.31. The van der Waals surface area contributed by atoms with E-state index in [9.17, 15) is 15.3 Å². The highest BCUT2D eigenvalue weighted by Gasteiger charge is 2.59. The number of fused-ring (bicyclic) bond motifs is 1. The van der Waals surface area contributed by atoms with Crippen LogP contribution in [0.2, 0.25) is 0 Å². The van der Waals surface area contributed by atoms with Crippen molar-refractivity contribution in [2.75, 3.05) is 27.4 Å². The van der Waals surface area contributed by atoms with E-state index >= 15 is 0 Å². The van der Waals surface area contributed by atoms with Crippen molar-refractivity contribution in [2.24, 2.45) is 5.92 Å². The molecule has 0 saturated carbocycles. The number of rotatable bonds is 4. The first-order valence-electron chi connectivity index (χ1n) is 8.67. The molecule has 0 unspecified atom stereocenters. The Morgan fingerprint density at radius 3 is 2.15 bits per heavy atom. The summed E-state index contributed by atoms with van der Waals surface area (Å²) in [5.41, 5.74) is 0.304. The molecule has 144 valence electrons. The molecule has 27 heavy (non-hydrogen) atoms. The molecule has 0 spiro atoms. The summed E-state index contributed by atoms with van der Waals surface area (Å²) >= 11 is 0. The van der Waals surface area contributed by atoms with Crippen molar-refractivity contribution >= 4 is 0 Å². The van der Waals surface area contributed by atoms with Gasteiger partial charge in [0.1, 0.15) is 11.7 Å². The predicted molar refractivity (Wildman–Crippen MR) is 95.1 cm³/mol. The second kappa shape index (κ2) is 6.60. The monoisotopic (exact) mass is 374 g/mol. The van der Waals surface area contributed by atoms with Crippen LogP contribution in [0, 0.1) is 5.92 Å². The SMILES string of the molecule is COc1cc([C@H]2OC[C@]3(O)[C@@H](c4ccc(O)c(OC)c4)OC[C@@H]23)ccc1O. The molecule has 3 N–H and O–H groups in total. The van der Waals surface area contributed by atoms with Crippen molar-refractivity contribution in [3.05, 3.63) is 47.5 Å². The lowest BCUT2D eigenvalue weighted by Gasteiger charge is -2.27. The van der Waals surface area contributed by atoms with Gasteiger partial charge in [-0.15, -0.1) is 0 Å². The third-order valence-corrected chi connectivity index (χ3v) is 5.44. The van der Waals surface area contributed by atoms with Crippen LogP contribution >= 0.6 is 0 Å². The molecule has 2 aromatic rings. The van der Waals surface area contributed by atoms with E-state index in [1.807, 2.05) is 0 Å². The second-order valence-electron chi connectivity index (χ2n) is 6.91. The number of methoxy groups -OCH3 is 2. The van der Waals surface area contributed by atoms with Gasteiger partial charge in [-0.3, -0.25) is 0 Å². The smallest absolute Gasteiger partial charge is 0.160 e. The Hall–Kier alpha value is -2.48. The van der Waals surface area contributed by atoms with Crippen molar-refractivity contribution in [2.45, 2.75) is 17.8 Å². The molecule has 2 heterocycles. The summed E-state index contributed by atoms with van der Waals surface area (Å²) in [6.07, 6.45) is -0.977. The van der Waals surface area contributed by atoms with Gasteiger partial charge in [-0.05, 0) is 35.4 Å². The quantitative estimate of drug-likeness (QED) is 0.755. The maximum absolute atomic E-state index is 11.4. The molecule has 4 atom stereocenters. The third-order valence-electron chi connectivity index (χ3n) is 5.44. The third kappa shape index (κ3) is 2.79. The minimum Gasteiger partial charge on any atom is -0.504 e. The maximum atomic E-state index is 11.4. The van der Waals surface area contributed by atoms with Crippen LogP contribution in [0.1, 0.15) is 23.3 Å². The minimum absolute atomic E-state index is 0.0273. The zero-order valence-electron chi connectivity index (χ0n) is 15.1. The van der Waals surface area contributed by atoms with Gasteiger partial charge in [0, 0.05) is 5.92 Å². The number of aliphatic hydroxyl groups is 1. The highest BCUT2D eigenvalue weighted by Crippen LogP contribution is 2.54. The van der Waals surface area contributed by atoms with E-state index in [4.69, 9.17) is 18.9 Å². The van der Waals surface area contributed by atoms with Crippen LogP contribution < -0.4 is 9.47 Å². The van der Waals surface area contributed by atoms with E-state index in [-0.39, 0.29) is 30.1 Å². The molecule has 7 heteroatoms. The van der Waals surface area contributed by atoms with Gasteiger partial charge in [-0.2, -0.15) is 0 Å². The Morgan fingerprint density at radius 1 is 0.926 bits per heavy atom. The van der Waals surface area contributed by atoms with Gasteiger partial charge in [0.15, 0.2) is 23.0 Å². The summed E-state index contributed by atoms with van der Waals surface area (Å²) in [6.45, 7) is 0.428. The first-order valence-corrected chi connectivity index (χ1v) is 8.67. The largest absolute Gasteiger partial charge is 0.504 e. The topological polar surface area (TPSA) is 97.6 Å². The van der Waals surface area contributed by atoms with Crippen LogP contribution in [0.5, 0.6) is 23.0 Å². The Balaban J connectivity index is 1.64. The Labute approximate surface area is 156 Å². The van der Waals surface area contributed by atoms with Gasteiger partial charge in [-0.25, -0.2) is 0 Å². The lowest BCUT2D eigenvalue weighted by atomic mass is 9.81. The summed E-state index contributed by atoms with van der Waals surface area (Å²) in [5, 5.41) is 31.0. The van der Waals surface area contributed by atoms with E-state index < -0.39 is 11.7 Å². The number of benzene rings is 2. The normalized spacial score (nSPS) is 29.5. The number of phenols is 2. The number of hydrogen-bond donors (Lipinski definition) is 3. The maximum Gasteiger partial charge on any atom is 0.160 e. The van der Waals surface area contributed by atoms with E-state index in [1.54, 1.807) is 30.3 Å². The average Bonchev–Trinajstić information content (AvgIpc) is 3.17. The van der Waals surface area contributed by atoms with Crippen LogP contribution in [0.3, 0.4) is 0 Å². The molecule has 2 fully saturated rings. The van der Waals surface area contributed by atoms with Gasteiger partial charge in [0.25, 0.3) is 0 Å². The Kier molecular flexibility index (Phi) is 4.38. The van der Waals surface area contributed by atoms with E-state index in [1.165, 1.54) is 20.3 Å². The summed E-state index contributed by atoms with van der Waals surface area (Å²) in [6, 6.07) is 9.91. The molecule has 2 saturated heterocycles. The van der Waals surface area contributed by atoms with Crippen molar-refractivity contribution in [1.82, 2.24) is 0 Å². The molecule has 2 aromatic carbocycles. The lowest BCUT2D eigenvalue weighted by molar-refractivity contribution is -0.0628. The summed E-state index contributed by atoms with van der Waals surface area (Å²) < 4.78 is 22.2. The van der Waals surface area contributed by atoms with Crippen LogP contribution in [0.4, 0.5) is 0 Å².